The number of halogens is 1. The number of amides is 2. The predicted octanol–water partition coefficient (Wildman–Crippen LogP) is 3.07. The zero-order valence-corrected chi connectivity index (χ0v) is 16.1. The van der Waals surface area contributed by atoms with E-state index in [0.717, 1.165) is 41.2 Å². The molecule has 0 aliphatic carbocycles. The summed E-state index contributed by atoms with van der Waals surface area (Å²) < 4.78 is 2.37. The largest absolute Gasteiger partial charge is 0.341 e. The molecule has 138 valence electrons. The predicted molar refractivity (Wildman–Crippen MR) is 105 cm³/mol. The molecule has 27 heavy (non-hydrogen) atoms. The van der Waals surface area contributed by atoms with E-state index < -0.39 is 0 Å². The molecule has 7 nitrogen and oxygen atoms in total. The first-order chi connectivity index (χ1) is 13.1. The number of fused-ring (bicyclic) bond motifs is 1. The molecule has 1 saturated heterocycles. The summed E-state index contributed by atoms with van der Waals surface area (Å²) in [6, 6.07) is 11.5. The van der Waals surface area contributed by atoms with Gasteiger partial charge in [-0.05, 0) is 30.4 Å². The van der Waals surface area contributed by atoms with Crippen molar-refractivity contribution in [2.24, 2.45) is 0 Å². The number of benzene rings is 2. The highest BCUT2D eigenvalue weighted by Crippen LogP contribution is 2.30. The summed E-state index contributed by atoms with van der Waals surface area (Å²) in [5, 5.41) is 12.6. The Balaban J connectivity index is 1.49. The average Bonchev–Trinajstić information content (AvgIpc) is 3.36. The SMILES string of the molecule is O=C(Nc1ccc(Br)c2ccccc12)c1cn(CC(=O)N2CCCC2)nn1. The van der Waals surface area contributed by atoms with Gasteiger partial charge in [0.2, 0.25) is 5.91 Å². The maximum Gasteiger partial charge on any atom is 0.277 e. The van der Waals surface area contributed by atoms with Crippen LogP contribution in [0.25, 0.3) is 10.8 Å². The molecule has 0 saturated carbocycles. The van der Waals surface area contributed by atoms with E-state index in [1.54, 1.807) is 0 Å². The minimum atomic E-state index is -0.359. The van der Waals surface area contributed by atoms with Gasteiger partial charge in [0.25, 0.3) is 5.91 Å². The van der Waals surface area contributed by atoms with Crippen LogP contribution in [-0.2, 0) is 11.3 Å². The Morgan fingerprint density at radius 1 is 1.07 bits per heavy atom. The Kier molecular flexibility index (Phi) is 4.89. The standard InChI is InChI=1S/C19H18BrN5O2/c20-15-7-8-16(14-6-2-1-5-13(14)15)21-19(27)17-11-25(23-22-17)12-18(26)24-9-3-4-10-24/h1-2,5-8,11H,3-4,9-10,12H2,(H,21,27). The highest BCUT2D eigenvalue weighted by Gasteiger charge is 2.19. The third-order valence-corrected chi connectivity index (χ3v) is 5.34. The van der Waals surface area contributed by atoms with Crippen molar-refractivity contribution in [3.8, 4) is 0 Å². The summed E-state index contributed by atoms with van der Waals surface area (Å²) in [5.74, 6) is -0.356. The van der Waals surface area contributed by atoms with Gasteiger partial charge in [-0.1, -0.05) is 45.4 Å². The van der Waals surface area contributed by atoms with Crippen LogP contribution in [0.4, 0.5) is 5.69 Å². The van der Waals surface area contributed by atoms with Gasteiger partial charge in [-0.25, -0.2) is 4.68 Å². The lowest BCUT2D eigenvalue weighted by Crippen LogP contribution is -2.31. The molecule has 0 bridgehead atoms. The average molecular weight is 428 g/mol. The lowest BCUT2D eigenvalue weighted by atomic mass is 10.1. The Hall–Kier alpha value is -2.74. The van der Waals surface area contributed by atoms with E-state index in [1.165, 1.54) is 10.9 Å². The van der Waals surface area contributed by atoms with Gasteiger partial charge in [0.1, 0.15) is 6.54 Å². The molecule has 2 amide bonds. The summed E-state index contributed by atoms with van der Waals surface area (Å²) in [6.45, 7) is 1.68. The fourth-order valence-electron chi connectivity index (χ4n) is 3.24. The van der Waals surface area contributed by atoms with Crippen molar-refractivity contribution in [1.82, 2.24) is 19.9 Å². The Morgan fingerprint density at radius 3 is 2.59 bits per heavy atom. The molecule has 2 heterocycles. The first-order valence-electron chi connectivity index (χ1n) is 8.78. The van der Waals surface area contributed by atoms with Gasteiger partial charge in [-0.3, -0.25) is 9.59 Å². The van der Waals surface area contributed by atoms with Crippen molar-refractivity contribution in [3.63, 3.8) is 0 Å². The number of nitrogens with one attached hydrogen (secondary N) is 1. The van der Waals surface area contributed by atoms with E-state index in [0.29, 0.717) is 5.69 Å². The number of hydrogen-bond donors (Lipinski definition) is 1. The van der Waals surface area contributed by atoms with Crippen LogP contribution in [0, 0.1) is 0 Å². The molecule has 0 spiro atoms. The van der Waals surface area contributed by atoms with Gasteiger partial charge in [0.05, 0.1) is 6.20 Å². The Bertz CT molecular complexity index is 1010. The zero-order valence-electron chi connectivity index (χ0n) is 14.6. The zero-order chi connectivity index (χ0) is 18.8. The van der Waals surface area contributed by atoms with E-state index in [1.807, 2.05) is 41.3 Å². The lowest BCUT2D eigenvalue weighted by Gasteiger charge is -2.14. The lowest BCUT2D eigenvalue weighted by molar-refractivity contribution is -0.130. The normalized spacial score (nSPS) is 13.9. The fourth-order valence-corrected chi connectivity index (χ4v) is 3.72. The topological polar surface area (TPSA) is 80.1 Å². The molecule has 1 aliphatic heterocycles. The van der Waals surface area contributed by atoms with Gasteiger partial charge in [-0.15, -0.1) is 5.10 Å². The van der Waals surface area contributed by atoms with Gasteiger partial charge >= 0.3 is 0 Å². The van der Waals surface area contributed by atoms with Crippen molar-refractivity contribution in [3.05, 3.63) is 52.8 Å². The van der Waals surface area contributed by atoms with E-state index in [2.05, 4.69) is 31.6 Å². The maximum absolute atomic E-state index is 12.6. The summed E-state index contributed by atoms with van der Waals surface area (Å²) in [7, 11) is 0. The smallest absolute Gasteiger partial charge is 0.277 e. The van der Waals surface area contributed by atoms with Crippen LogP contribution >= 0.6 is 15.9 Å². The van der Waals surface area contributed by atoms with Crippen molar-refractivity contribution >= 4 is 44.2 Å². The molecule has 4 rings (SSSR count). The maximum atomic E-state index is 12.6. The molecule has 0 atom stereocenters. The number of rotatable bonds is 4. The number of nitrogens with zero attached hydrogens (tertiary/aromatic N) is 4. The number of aromatic nitrogens is 3. The molecular weight excluding hydrogens is 410 g/mol. The molecule has 3 aromatic rings. The summed E-state index contributed by atoms with van der Waals surface area (Å²) >= 11 is 3.52. The van der Waals surface area contributed by atoms with Gasteiger partial charge in [0.15, 0.2) is 5.69 Å². The van der Waals surface area contributed by atoms with Crippen LogP contribution in [0.2, 0.25) is 0 Å². The van der Waals surface area contributed by atoms with Crippen molar-refractivity contribution in [2.75, 3.05) is 18.4 Å². The van der Waals surface area contributed by atoms with Crippen LogP contribution in [0.5, 0.6) is 0 Å². The molecule has 1 fully saturated rings. The highest BCUT2D eigenvalue weighted by molar-refractivity contribution is 9.10. The fraction of sp³-hybridized carbons (Fsp3) is 0.263. The second-order valence-electron chi connectivity index (χ2n) is 6.48. The number of hydrogen-bond acceptors (Lipinski definition) is 4. The molecule has 8 heteroatoms. The van der Waals surface area contributed by atoms with Crippen molar-refractivity contribution < 1.29 is 9.59 Å². The monoisotopic (exact) mass is 427 g/mol. The molecule has 0 radical (unpaired) electrons. The number of anilines is 1. The summed E-state index contributed by atoms with van der Waals surface area (Å²) in [5.41, 5.74) is 0.873. The Morgan fingerprint density at radius 2 is 1.81 bits per heavy atom. The second-order valence-corrected chi connectivity index (χ2v) is 7.34. The second kappa shape index (κ2) is 7.48. The van der Waals surface area contributed by atoms with E-state index in [4.69, 9.17) is 0 Å². The van der Waals surface area contributed by atoms with Crippen LogP contribution in [0.15, 0.2) is 47.1 Å². The molecule has 0 unspecified atom stereocenters. The quantitative estimate of drug-likeness (QED) is 0.693. The van der Waals surface area contributed by atoms with Gasteiger partial charge in [0, 0.05) is 28.6 Å². The molecular formula is C19H18BrN5O2. The van der Waals surface area contributed by atoms with Crippen LogP contribution in [0.3, 0.4) is 0 Å². The molecule has 1 N–H and O–H groups in total. The Labute approximate surface area is 164 Å². The van der Waals surface area contributed by atoms with Crippen LogP contribution in [0.1, 0.15) is 23.3 Å². The minimum absolute atomic E-state index is 0.00302. The van der Waals surface area contributed by atoms with E-state index in [9.17, 15) is 9.59 Å². The molecule has 2 aromatic carbocycles. The van der Waals surface area contributed by atoms with Gasteiger partial charge in [-0.2, -0.15) is 0 Å². The highest BCUT2D eigenvalue weighted by atomic mass is 79.9. The van der Waals surface area contributed by atoms with Crippen LogP contribution in [-0.4, -0.2) is 44.8 Å². The van der Waals surface area contributed by atoms with E-state index in [-0.39, 0.29) is 24.1 Å². The molecule has 1 aliphatic rings. The van der Waals surface area contributed by atoms with Gasteiger partial charge < -0.3 is 10.2 Å². The van der Waals surface area contributed by atoms with Crippen molar-refractivity contribution in [1.29, 1.82) is 0 Å². The minimum Gasteiger partial charge on any atom is -0.341 e. The number of carbonyl (C=O) groups excluding carboxylic acids is 2. The van der Waals surface area contributed by atoms with Crippen molar-refractivity contribution in [2.45, 2.75) is 19.4 Å². The summed E-state index contributed by atoms with van der Waals surface area (Å²) in [6.07, 6.45) is 3.58. The number of likely N-dealkylation sites (tertiary alicyclic amines) is 1. The summed E-state index contributed by atoms with van der Waals surface area (Å²) in [4.78, 5) is 26.6. The van der Waals surface area contributed by atoms with Crippen LogP contribution < -0.4 is 5.32 Å². The van der Waals surface area contributed by atoms with E-state index >= 15 is 0 Å². The molecule has 1 aromatic heterocycles. The number of carbonyl (C=O) groups is 2. The third-order valence-electron chi connectivity index (χ3n) is 4.65. The third kappa shape index (κ3) is 3.71. The first-order valence-corrected chi connectivity index (χ1v) is 9.57. The first kappa shape index (κ1) is 17.7.